The maximum absolute atomic E-state index is 13.1. The van der Waals surface area contributed by atoms with Gasteiger partial charge in [0, 0.05) is 50.3 Å². The van der Waals surface area contributed by atoms with Crippen LogP contribution in [-0.2, 0) is 24.1 Å². The van der Waals surface area contributed by atoms with E-state index in [0.29, 0.717) is 17.6 Å². The zero-order valence-electron chi connectivity index (χ0n) is 21.1. The molecule has 2 aromatic rings. The zero-order valence-corrected chi connectivity index (χ0v) is 21.1. The molecule has 1 aliphatic heterocycles. The van der Waals surface area contributed by atoms with E-state index < -0.39 is 12.5 Å². The molecule has 8 nitrogen and oxygen atoms in total. The number of ether oxygens (including phenoxy) is 2. The molecule has 0 atom stereocenters. The fourth-order valence-corrected chi connectivity index (χ4v) is 4.98. The number of nitrogens with one attached hydrogen (secondary N) is 1. The van der Waals surface area contributed by atoms with E-state index in [1.54, 1.807) is 12.1 Å². The summed E-state index contributed by atoms with van der Waals surface area (Å²) in [5.41, 5.74) is 2.13. The Morgan fingerprint density at radius 1 is 1.19 bits per heavy atom. The van der Waals surface area contributed by atoms with Gasteiger partial charge in [-0.15, -0.1) is 0 Å². The van der Waals surface area contributed by atoms with Crippen LogP contribution >= 0.6 is 0 Å². The Bertz CT molecular complexity index is 1000. The van der Waals surface area contributed by atoms with E-state index in [0.717, 1.165) is 77.2 Å². The molecule has 10 heteroatoms. The number of alkyl halides is 2. The van der Waals surface area contributed by atoms with Crippen molar-refractivity contribution in [2.24, 2.45) is 5.92 Å². The van der Waals surface area contributed by atoms with Crippen LogP contribution in [0, 0.1) is 5.92 Å². The summed E-state index contributed by atoms with van der Waals surface area (Å²) in [5, 5.41) is 6.85. The Morgan fingerprint density at radius 2 is 1.97 bits per heavy atom. The fraction of sp³-hybridized carbons (Fsp3) is 0.654. The molecule has 1 amide bonds. The lowest BCUT2D eigenvalue weighted by Gasteiger charge is -2.30. The number of amides is 1. The Kier molecular flexibility index (Phi) is 8.77. The SMILES string of the molecule is COc1cc(CC(=O)N[C@H]2CC[C@H](CCN3CCc4ccc(OCC(C)(F)F)nc4CC3)CC2)on1. The largest absolute Gasteiger partial charge is 0.479 e. The summed E-state index contributed by atoms with van der Waals surface area (Å²) in [6.45, 7) is 3.10. The van der Waals surface area contributed by atoms with E-state index in [2.05, 4.69) is 20.4 Å². The third-order valence-electron chi connectivity index (χ3n) is 7.03. The predicted molar refractivity (Wildman–Crippen MR) is 129 cm³/mol. The van der Waals surface area contributed by atoms with Gasteiger partial charge in [-0.1, -0.05) is 6.07 Å². The van der Waals surface area contributed by atoms with Crippen LogP contribution < -0.4 is 14.8 Å². The molecule has 0 spiro atoms. The van der Waals surface area contributed by atoms with Crippen LogP contribution in [0.4, 0.5) is 8.78 Å². The van der Waals surface area contributed by atoms with Crippen molar-refractivity contribution < 1.29 is 27.6 Å². The van der Waals surface area contributed by atoms with Crippen molar-refractivity contribution in [2.75, 3.05) is 33.4 Å². The van der Waals surface area contributed by atoms with Crippen molar-refractivity contribution in [3.8, 4) is 11.8 Å². The topological polar surface area (TPSA) is 89.7 Å². The number of hydrogen-bond donors (Lipinski definition) is 1. The molecule has 1 N–H and O–H groups in total. The van der Waals surface area contributed by atoms with Crippen molar-refractivity contribution in [1.29, 1.82) is 0 Å². The fourth-order valence-electron chi connectivity index (χ4n) is 4.98. The number of methoxy groups -OCH3 is 1. The number of nitrogens with zero attached hydrogens (tertiary/aromatic N) is 3. The quantitative estimate of drug-likeness (QED) is 0.524. The van der Waals surface area contributed by atoms with E-state index in [1.807, 2.05) is 6.07 Å². The van der Waals surface area contributed by atoms with Gasteiger partial charge in [-0.2, -0.15) is 0 Å². The van der Waals surface area contributed by atoms with Crippen molar-refractivity contribution >= 4 is 5.91 Å². The Labute approximate surface area is 210 Å². The van der Waals surface area contributed by atoms with Crippen LogP contribution in [0.15, 0.2) is 22.7 Å². The molecule has 36 heavy (non-hydrogen) atoms. The zero-order chi connectivity index (χ0) is 25.5. The molecular weight excluding hydrogens is 470 g/mol. The van der Waals surface area contributed by atoms with E-state index in [4.69, 9.17) is 14.0 Å². The Balaban J connectivity index is 1.15. The van der Waals surface area contributed by atoms with Crippen molar-refractivity contribution in [3.05, 3.63) is 35.2 Å². The first-order valence-electron chi connectivity index (χ1n) is 12.8. The van der Waals surface area contributed by atoms with Crippen molar-refractivity contribution in [2.45, 2.75) is 70.3 Å². The molecule has 0 saturated heterocycles. The highest BCUT2D eigenvalue weighted by molar-refractivity contribution is 5.78. The van der Waals surface area contributed by atoms with E-state index in [9.17, 15) is 13.6 Å². The molecule has 4 rings (SSSR count). The minimum Gasteiger partial charge on any atom is -0.479 e. The van der Waals surface area contributed by atoms with E-state index in [1.165, 1.54) is 12.7 Å². The maximum atomic E-state index is 13.1. The molecular formula is C26H36F2N4O4. The minimum absolute atomic E-state index is 0.0491. The van der Waals surface area contributed by atoms with Crippen LogP contribution in [-0.4, -0.2) is 66.3 Å². The van der Waals surface area contributed by atoms with Gasteiger partial charge in [0.1, 0.15) is 5.76 Å². The lowest BCUT2D eigenvalue weighted by molar-refractivity contribution is -0.121. The van der Waals surface area contributed by atoms with Gasteiger partial charge in [-0.05, 0) is 61.7 Å². The highest BCUT2D eigenvalue weighted by Crippen LogP contribution is 2.28. The monoisotopic (exact) mass is 506 g/mol. The van der Waals surface area contributed by atoms with E-state index in [-0.39, 0.29) is 24.2 Å². The van der Waals surface area contributed by atoms with Crippen LogP contribution in [0.5, 0.6) is 11.8 Å². The molecule has 1 aliphatic carbocycles. The lowest BCUT2D eigenvalue weighted by Crippen LogP contribution is -2.39. The molecule has 3 heterocycles. The molecule has 0 aromatic carbocycles. The van der Waals surface area contributed by atoms with Crippen LogP contribution in [0.2, 0.25) is 0 Å². The molecule has 0 bridgehead atoms. The lowest BCUT2D eigenvalue weighted by atomic mass is 9.84. The average Bonchev–Trinajstić information content (AvgIpc) is 3.20. The smallest absolute Gasteiger partial charge is 0.278 e. The predicted octanol–water partition coefficient (Wildman–Crippen LogP) is 3.82. The van der Waals surface area contributed by atoms with Gasteiger partial charge in [-0.3, -0.25) is 4.79 Å². The number of rotatable bonds is 10. The summed E-state index contributed by atoms with van der Waals surface area (Å²) >= 11 is 0. The van der Waals surface area contributed by atoms with Gasteiger partial charge in [0.15, 0.2) is 6.61 Å². The van der Waals surface area contributed by atoms with Gasteiger partial charge >= 0.3 is 0 Å². The molecule has 0 radical (unpaired) electrons. The number of aromatic nitrogens is 2. The second-order valence-electron chi connectivity index (χ2n) is 10.0. The first-order chi connectivity index (χ1) is 17.3. The Hall–Kier alpha value is -2.75. The third kappa shape index (κ3) is 7.88. The highest BCUT2D eigenvalue weighted by atomic mass is 19.3. The molecule has 1 fully saturated rings. The first-order valence-corrected chi connectivity index (χ1v) is 12.8. The summed E-state index contributed by atoms with van der Waals surface area (Å²) in [6, 6.07) is 5.50. The van der Waals surface area contributed by atoms with Crippen LogP contribution in [0.3, 0.4) is 0 Å². The number of carbonyl (C=O) groups excluding carboxylic acids is 1. The summed E-state index contributed by atoms with van der Waals surface area (Å²) in [6.07, 6.45) is 7.21. The molecule has 2 aromatic heterocycles. The van der Waals surface area contributed by atoms with Gasteiger partial charge in [0.2, 0.25) is 11.8 Å². The minimum atomic E-state index is -2.87. The maximum Gasteiger partial charge on any atom is 0.278 e. The van der Waals surface area contributed by atoms with Gasteiger partial charge in [0.05, 0.1) is 13.5 Å². The number of carbonyl (C=O) groups is 1. The second kappa shape index (κ2) is 12.0. The highest BCUT2D eigenvalue weighted by Gasteiger charge is 2.25. The van der Waals surface area contributed by atoms with Gasteiger partial charge in [-0.25, -0.2) is 13.8 Å². The summed E-state index contributed by atoms with van der Waals surface area (Å²) in [4.78, 5) is 19.3. The van der Waals surface area contributed by atoms with Gasteiger partial charge in [0.25, 0.3) is 11.8 Å². The first kappa shape index (κ1) is 26.3. The standard InChI is InChI=1S/C26H36F2N4O4/c1-26(27,28)17-35-24-8-5-19-10-13-32(14-11-22(19)30-24)12-9-18-3-6-20(7-4-18)29-23(33)15-21-16-25(34-2)31-36-21/h5,8,16,18,20H,3-4,6-7,9-15,17H2,1-2H3,(H,29,33)/t18-,20-. The third-order valence-corrected chi connectivity index (χ3v) is 7.03. The summed E-state index contributed by atoms with van der Waals surface area (Å²) in [5.74, 6) is -1.11. The molecule has 2 aliphatic rings. The normalized spacial score (nSPS) is 20.9. The second-order valence-corrected chi connectivity index (χ2v) is 10.0. The summed E-state index contributed by atoms with van der Waals surface area (Å²) < 4.78 is 41.4. The number of fused-ring (bicyclic) bond motifs is 1. The van der Waals surface area contributed by atoms with E-state index >= 15 is 0 Å². The number of hydrogen-bond acceptors (Lipinski definition) is 7. The summed E-state index contributed by atoms with van der Waals surface area (Å²) in [7, 11) is 1.51. The molecule has 1 saturated carbocycles. The van der Waals surface area contributed by atoms with Crippen LogP contribution in [0.25, 0.3) is 0 Å². The molecule has 198 valence electrons. The number of pyridine rings is 1. The average molecular weight is 507 g/mol. The number of halogens is 2. The van der Waals surface area contributed by atoms with Crippen LogP contribution in [0.1, 0.15) is 56.0 Å². The van der Waals surface area contributed by atoms with Crippen molar-refractivity contribution in [1.82, 2.24) is 20.4 Å². The molecule has 0 unspecified atom stereocenters. The van der Waals surface area contributed by atoms with Crippen molar-refractivity contribution in [3.63, 3.8) is 0 Å². The van der Waals surface area contributed by atoms with Gasteiger partial charge < -0.3 is 24.2 Å². The Morgan fingerprint density at radius 3 is 2.69 bits per heavy atom.